The second-order valence-corrected chi connectivity index (χ2v) is 8.63. The van der Waals surface area contributed by atoms with E-state index in [1.54, 1.807) is 19.1 Å². The van der Waals surface area contributed by atoms with Crippen LogP contribution in [0.2, 0.25) is 0 Å². The highest BCUT2D eigenvalue weighted by Crippen LogP contribution is 2.18. The molecule has 1 saturated heterocycles. The number of aryl methyl sites for hydroxylation is 1. The van der Waals surface area contributed by atoms with E-state index in [1.807, 2.05) is 12.1 Å². The summed E-state index contributed by atoms with van der Waals surface area (Å²) in [6.45, 7) is 4.19. The summed E-state index contributed by atoms with van der Waals surface area (Å²) in [5, 5.41) is 2.60. The Bertz CT molecular complexity index is 713. The Morgan fingerprint density at radius 2 is 1.88 bits per heavy atom. The highest BCUT2D eigenvalue weighted by Gasteiger charge is 2.35. The number of hydrogen-bond donors (Lipinski definition) is 1. The van der Waals surface area contributed by atoms with Gasteiger partial charge in [0.15, 0.2) is 9.84 Å². The van der Waals surface area contributed by atoms with Crippen molar-refractivity contribution in [3.8, 4) is 0 Å². The van der Waals surface area contributed by atoms with Crippen molar-refractivity contribution >= 4 is 27.3 Å². The van der Waals surface area contributed by atoms with Crippen LogP contribution in [0.4, 0.5) is 5.69 Å². The molecule has 1 aliphatic rings. The first kappa shape index (κ1) is 19.4. The average Bonchev–Trinajstić information content (AvgIpc) is 2.94. The van der Waals surface area contributed by atoms with Crippen LogP contribution in [0.1, 0.15) is 38.7 Å². The predicted octanol–water partition coefficient (Wildman–Crippen LogP) is 2.00. The lowest BCUT2D eigenvalue weighted by molar-refractivity contribution is -0.144. The van der Waals surface area contributed by atoms with Crippen LogP contribution < -0.4 is 5.32 Å². The lowest BCUT2D eigenvalue weighted by atomic mass is 10.1. The highest BCUT2D eigenvalue weighted by atomic mass is 32.2. The Hall–Kier alpha value is -1.89. The van der Waals surface area contributed by atoms with Gasteiger partial charge in [0.25, 0.3) is 0 Å². The first-order valence-electron chi connectivity index (χ1n) is 8.77. The van der Waals surface area contributed by atoms with E-state index in [-0.39, 0.29) is 11.5 Å². The fraction of sp³-hybridized carbons (Fsp3) is 0.556. The molecular weight excluding hydrogens is 340 g/mol. The van der Waals surface area contributed by atoms with Gasteiger partial charge in [-0.25, -0.2) is 8.42 Å². The number of carbonyl (C=O) groups excluding carboxylic acids is 2. The quantitative estimate of drug-likeness (QED) is 0.781. The van der Waals surface area contributed by atoms with Crippen LogP contribution in [-0.4, -0.2) is 49.2 Å². The number of likely N-dealkylation sites (N-methyl/N-ethyl adjacent to an activating group) is 1. The largest absolute Gasteiger partial charge is 0.331 e. The molecule has 0 aromatic heterocycles. The van der Waals surface area contributed by atoms with Gasteiger partial charge in [-0.2, -0.15) is 0 Å². The number of rotatable bonds is 6. The summed E-state index contributed by atoms with van der Waals surface area (Å²) >= 11 is 0. The van der Waals surface area contributed by atoms with Crippen molar-refractivity contribution in [3.63, 3.8) is 0 Å². The summed E-state index contributed by atoms with van der Waals surface area (Å²) in [5.41, 5.74) is 1.76. The Balaban J connectivity index is 1.97. The Morgan fingerprint density at radius 3 is 2.40 bits per heavy atom. The maximum absolute atomic E-state index is 12.4. The van der Waals surface area contributed by atoms with E-state index in [1.165, 1.54) is 10.5 Å². The lowest BCUT2D eigenvalue weighted by Gasteiger charge is -2.26. The smallest absolute Gasteiger partial charge is 0.313 e. The number of unbranched alkanes of at least 4 members (excludes halogenated alkanes) is 1. The van der Waals surface area contributed by atoms with Crippen molar-refractivity contribution in [3.05, 3.63) is 29.8 Å². The van der Waals surface area contributed by atoms with Crippen LogP contribution in [0.3, 0.4) is 0 Å². The molecule has 25 heavy (non-hydrogen) atoms. The topological polar surface area (TPSA) is 83.6 Å². The number of nitrogens with zero attached hydrogens (tertiary/aromatic N) is 1. The van der Waals surface area contributed by atoms with E-state index >= 15 is 0 Å². The number of sulfone groups is 1. The highest BCUT2D eigenvalue weighted by molar-refractivity contribution is 7.91. The first-order chi connectivity index (χ1) is 11.9. The molecule has 1 N–H and O–H groups in total. The molecule has 7 heteroatoms. The summed E-state index contributed by atoms with van der Waals surface area (Å²) in [6, 6.07) is 7.04. The van der Waals surface area contributed by atoms with Crippen LogP contribution in [0.25, 0.3) is 0 Å². The van der Waals surface area contributed by atoms with Crippen molar-refractivity contribution in [1.82, 2.24) is 4.90 Å². The van der Waals surface area contributed by atoms with Gasteiger partial charge in [0.2, 0.25) is 0 Å². The first-order valence-corrected chi connectivity index (χ1v) is 10.6. The van der Waals surface area contributed by atoms with E-state index in [9.17, 15) is 18.0 Å². The van der Waals surface area contributed by atoms with Gasteiger partial charge in [-0.1, -0.05) is 25.5 Å². The molecule has 0 spiro atoms. The van der Waals surface area contributed by atoms with Crippen molar-refractivity contribution < 1.29 is 18.0 Å². The van der Waals surface area contributed by atoms with E-state index in [4.69, 9.17) is 0 Å². The summed E-state index contributed by atoms with van der Waals surface area (Å²) in [5.74, 6) is -1.40. The normalized spacial score (nSPS) is 18.7. The van der Waals surface area contributed by atoms with Gasteiger partial charge >= 0.3 is 11.8 Å². The van der Waals surface area contributed by atoms with Crippen LogP contribution >= 0.6 is 0 Å². The van der Waals surface area contributed by atoms with Gasteiger partial charge < -0.3 is 10.2 Å². The zero-order valence-electron chi connectivity index (χ0n) is 14.8. The Kier molecular flexibility index (Phi) is 6.58. The second-order valence-electron chi connectivity index (χ2n) is 6.40. The monoisotopic (exact) mass is 366 g/mol. The van der Waals surface area contributed by atoms with E-state index in [0.717, 1.165) is 19.3 Å². The fourth-order valence-corrected chi connectivity index (χ4v) is 4.77. The Labute approximate surface area is 149 Å². The molecule has 0 bridgehead atoms. The summed E-state index contributed by atoms with van der Waals surface area (Å²) in [7, 11) is -3.11. The van der Waals surface area contributed by atoms with Crippen LogP contribution in [0.15, 0.2) is 24.3 Å². The zero-order chi connectivity index (χ0) is 18.4. The van der Waals surface area contributed by atoms with E-state index < -0.39 is 27.7 Å². The van der Waals surface area contributed by atoms with E-state index in [2.05, 4.69) is 12.2 Å². The number of anilines is 1. The SMILES string of the molecule is CCCCc1ccc(NC(=O)C(=O)N(CC)C2CCS(=O)(=O)C2)cc1. The van der Waals surface area contributed by atoms with Gasteiger partial charge in [0.05, 0.1) is 11.5 Å². The van der Waals surface area contributed by atoms with Gasteiger partial charge in [-0.05, 0) is 43.9 Å². The third-order valence-electron chi connectivity index (χ3n) is 4.48. The average molecular weight is 366 g/mol. The molecule has 2 amide bonds. The zero-order valence-corrected chi connectivity index (χ0v) is 15.6. The minimum atomic E-state index is -3.11. The molecule has 1 fully saturated rings. The molecule has 138 valence electrons. The minimum absolute atomic E-state index is 0.0635. The Morgan fingerprint density at radius 1 is 1.20 bits per heavy atom. The molecule has 0 aliphatic carbocycles. The maximum atomic E-state index is 12.4. The van der Waals surface area contributed by atoms with Crippen LogP contribution in [-0.2, 0) is 25.8 Å². The molecule has 0 radical (unpaired) electrons. The molecule has 1 unspecified atom stereocenters. The third kappa shape index (κ3) is 5.29. The van der Waals surface area contributed by atoms with Gasteiger partial charge in [0, 0.05) is 18.3 Å². The predicted molar refractivity (Wildman–Crippen MR) is 98.1 cm³/mol. The minimum Gasteiger partial charge on any atom is -0.331 e. The van der Waals surface area contributed by atoms with Gasteiger partial charge in [-0.3, -0.25) is 9.59 Å². The molecule has 1 aromatic carbocycles. The molecule has 2 rings (SSSR count). The van der Waals surface area contributed by atoms with Gasteiger partial charge in [-0.15, -0.1) is 0 Å². The van der Waals surface area contributed by atoms with Crippen molar-refractivity contribution in [1.29, 1.82) is 0 Å². The number of benzene rings is 1. The maximum Gasteiger partial charge on any atom is 0.313 e. The van der Waals surface area contributed by atoms with Crippen LogP contribution in [0, 0.1) is 0 Å². The number of hydrogen-bond acceptors (Lipinski definition) is 4. The van der Waals surface area contributed by atoms with Crippen molar-refractivity contribution in [2.24, 2.45) is 0 Å². The summed E-state index contributed by atoms with van der Waals surface area (Å²) in [6.07, 6.45) is 3.61. The summed E-state index contributed by atoms with van der Waals surface area (Å²) < 4.78 is 23.2. The standard InChI is InChI=1S/C18H26N2O4S/c1-3-5-6-14-7-9-15(10-8-14)19-17(21)18(22)20(4-2)16-11-12-25(23,24)13-16/h7-10,16H,3-6,11-13H2,1-2H3,(H,19,21). The number of carbonyl (C=O) groups is 2. The van der Waals surface area contributed by atoms with Gasteiger partial charge in [0.1, 0.15) is 0 Å². The van der Waals surface area contributed by atoms with Crippen molar-refractivity contribution in [2.45, 2.75) is 45.6 Å². The molecule has 1 atom stereocenters. The molecule has 0 saturated carbocycles. The molecule has 1 heterocycles. The summed E-state index contributed by atoms with van der Waals surface area (Å²) in [4.78, 5) is 26.0. The second kappa shape index (κ2) is 8.47. The molecular formula is C18H26N2O4S. The van der Waals surface area contributed by atoms with Crippen molar-refractivity contribution in [2.75, 3.05) is 23.4 Å². The fourth-order valence-electron chi connectivity index (χ4n) is 3.04. The van der Waals surface area contributed by atoms with Crippen LogP contribution in [0.5, 0.6) is 0 Å². The number of amides is 2. The number of nitrogens with one attached hydrogen (secondary N) is 1. The third-order valence-corrected chi connectivity index (χ3v) is 6.23. The molecule has 6 nitrogen and oxygen atoms in total. The molecule has 1 aromatic rings. The molecule has 1 aliphatic heterocycles. The lowest BCUT2D eigenvalue weighted by Crippen LogP contribution is -2.46. The van der Waals surface area contributed by atoms with E-state index in [0.29, 0.717) is 18.7 Å².